The van der Waals surface area contributed by atoms with Crippen LogP contribution in [-0.2, 0) is 16.7 Å². The number of hydrogen-bond donors (Lipinski definition) is 1. The number of nitrogens with zero attached hydrogens (tertiary/aromatic N) is 1. The molecule has 1 aromatic rings. The third-order valence-electron chi connectivity index (χ3n) is 1.40. The van der Waals surface area contributed by atoms with Crippen molar-refractivity contribution in [2.75, 3.05) is 4.72 Å². The van der Waals surface area contributed by atoms with Crippen molar-refractivity contribution in [1.82, 2.24) is 4.98 Å². The molecule has 0 aliphatic rings. The molecule has 1 heterocycles. The Balaban J connectivity index is 0.00000169. The number of rotatable bonds is 3. The van der Waals surface area contributed by atoms with E-state index in [-0.39, 0.29) is 35.4 Å². The molecule has 0 saturated carbocycles. The zero-order chi connectivity index (χ0) is 9.90. The average Bonchev–Trinajstić information content (AvgIpc) is 2.01. The van der Waals surface area contributed by atoms with E-state index < -0.39 is 10.3 Å². The molecule has 0 amide bonds. The first-order valence-electron chi connectivity index (χ1n) is 3.71. The van der Waals surface area contributed by atoms with Crippen LogP contribution in [0.5, 0.6) is 0 Å². The minimum Gasteiger partial charge on any atom is -0.731 e. The first kappa shape index (κ1) is 13.9. The summed E-state index contributed by atoms with van der Waals surface area (Å²) in [6.07, 6.45) is 0.689. The molecule has 0 spiro atoms. The van der Waals surface area contributed by atoms with Crippen LogP contribution in [0.1, 0.15) is 12.6 Å². The first-order chi connectivity index (χ1) is 6.01. The maximum absolute atomic E-state index is 10.3. The molecule has 0 bridgehead atoms. The molecule has 0 aromatic carbocycles. The second kappa shape index (κ2) is 5.67. The van der Waals surface area contributed by atoms with E-state index in [2.05, 4.69) is 4.98 Å². The summed E-state index contributed by atoms with van der Waals surface area (Å²) >= 11 is 0. The Kier molecular flexibility index (Phi) is 5.61. The summed E-state index contributed by atoms with van der Waals surface area (Å²) < 4.78 is 32.6. The normalized spacial score (nSPS) is 10.4. The standard InChI is InChI=1S/C7H10N2O3S.Na/c1-2-6-4-3-5-7(8-6)9-13(10,11)12;/h3-5H,2H2,1H3,(H,8,9)(H,10,11,12);/q;+1/p-1. The van der Waals surface area contributed by atoms with Crippen molar-refractivity contribution in [1.29, 1.82) is 0 Å². The van der Waals surface area contributed by atoms with Crippen molar-refractivity contribution in [3.63, 3.8) is 0 Å². The third kappa shape index (κ3) is 4.92. The Morgan fingerprint density at radius 3 is 2.64 bits per heavy atom. The number of pyridine rings is 1. The predicted molar refractivity (Wildman–Crippen MR) is 46.9 cm³/mol. The van der Waals surface area contributed by atoms with Crippen molar-refractivity contribution in [2.24, 2.45) is 0 Å². The largest absolute Gasteiger partial charge is 1.00 e. The van der Waals surface area contributed by atoms with Gasteiger partial charge in [0.1, 0.15) is 5.82 Å². The predicted octanol–water partition coefficient (Wildman–Crippen LogP) is -2.48. The summed E-state index contributed by atoms with van der Waals surface area (Å²) in [6.45, 7) is 1.89. The van der Waals surface area contributed by atoms with Crippen LogP contribution in [0.25, 0.3) is 0 Å². The summed E-state index contributed by atoms with van der Waals surface area (Å²) in [5.74, 6) is 0.0642. The van der Waals surface area contributed by atoms with E-state index in [1.807, 2.05) is 6.92 Å². The van der Waals surface area contributed by atoms with Gasteiger partial charge < -0.3 is 4.55 Å². The molecule has 0 aliphatic carbocycles. The minimum atomic E-state index is -4.46. The molecule has 0 aliphatic heterocycles. The van der Waals surface area contributed by atoms with Crippen LogP contribution in [0.3, 0.4) is 0 Å². The van der Waals surface area contributed by atoms with Crippen LogP contribution in [0.15, 0.2) is 18.2 Å². The number of anilines is 1. The second-order valence-electron chi connectivity index (χ2n) is 2.42. The molecule has 14 heavy (non-hydrogen) atoms. The SMILES string of the molecule is CCc1cccc(NS(=O)(=O)[O-])n1.[Na+]. The van der Waals surface area contributed by atoms with Gasteiger partial charge >= 0.3 is 29.6 Å². The van der Waals surface area contributed by atoms with Crippen molar-refractivity contribution in [3.8, 4) is 0 Å². The fourth-order valence-corrected chi connectivity index (χ4v) is 1.23. The molecule has 5 nitrogen and oxygen atoms in total. The zero-order valence-electron chi connectivity index (χ0n) is 8.02. The van der Waals surface area contributed by atoms with Crippen LogP contribution in [0.4, 0.5) is 5.82 Å². The van der Waals surface area contributed by atoms with E-state index in [4.69, 9.17) is 0 Å². The molecule has 0 saturated heterocycles. The van der Waals surface area contributed by atoms with Crippen molar-refractivity contribution < 1.29 is 42.5 Å². The van der Waals surface area contributed by atoms with E-state index in [9.17, 15) is 13.0 Å². The molecule has 0 radical (unpaired) electrons. The number of hydrogen-bond acceptors (Lipinski definition) is 4. The average molecular weight is 224 g/mol. The van der Waals surface area contributed by atoms with Crippen LogP contribution >= 0.6 is 0 Å². The van der Waals surface area contributed by atoms with Crippen LogP contribution in [0, 0.1) is 0 Å². The van der Waals surface area contributed by atoms with Crippen LogP contribution in [-0.4, -0.2) is 18.0 Å². The van der Waals surface area contributed by atoms with Crippen molar-refractivity contribution >= 4 is 16.1 Å². The Hall–Kier alpha value is -0.140. The van der Waals surface area contributed by atoms with Gasteiger partial charge in [0, 0.05) is 5.69 Å². The van der Waals surface area contributed by atoms with E-state index in [0.717, 1.165) is 5.69 Å². The molecule has 1 rings (SSSR count). The molecule has 0 unspecified atom stereocenters. The third-order valence-corrected chi connectivity index (χ3v) is 1.86. The molecular formula is C7H9N2NaO3S. The number of aryl methyl sites for hydroxylation is 1. The summed E-state index contributed by atoms with van der Waals surface area (Å²) in [4.78, 5) is 3.89. The number of aromatic nitrogens is 1. The zero-order valence-corrected chi connectivity index (χ0v) is 10.8. The molecule has 7 heteroatoms. The van der Waals surface area contributed by atoms with E-state index in [1.54, 1.807) is 16.9 Å². The molecule has 0 fully saturated rings. The van der Waals surface area contributed by atoms with E-state index >= 15 is 0 Å². The van der Waals surface area contributed by atoms with Gasteiger partial charge in [0.05, 0.1) is 0 Å². The van der Waals surface area contributed by atoms with Gasteiger partial charge in [-0.05, 0) is 18.6 Å². The molecule has 0 atom stereocenters. The number of nitrogens with one attached hydrogen (secondary N) is 1. The van der Waals surface area contributed by atoms with Crippen LogP contribution < -0.4 is 34.3 Å². The van der Waals surface area contributed by atoms with E-state index in [0.29, 0.717) is 6.42 Å². The van der Waals surface area contributed by atoms with Gasteiger partial charge in [0.25, 0.3) is 0 Å². The Morgan fingerprint density at radius 1 is 1.50 bits per heavy atom. The molecule has 1 N–H and O–H groups in total. The van der Waals surface area contributed by atoms with Gasteiger partial charge in [-0.2, -0.15) is 0 Å². The van der Waals surface area contributed by atoms with Crippen molar-refractivity contribution in [2.45, 2.75) is 13.3 Å². The molecular weight excluding hydrogens is 215 g/mol. The Bertz CT molecular complexity index is 394. The summed E-state index contributed by atoms with van der Waals surface area (Å²) in [7, 11) is -4.46. The quantitative estimate of drug-likeness (QED) is 0.455. The molecule has 72 valence electrons. The fourth-order valence-electron chi connectivity index (χ4n) is 0.861. The first-order valence-corrected chi connectivity index (χ1v) is 5.11. The second-order valence-corrected chi connectivity index (χ2v) is 3.54. The Morgan fingerprint density at radius 2 is 2.14 bits per heavy atom. The van der Waals surface area contributed by atoms with Crippen molar-refractivity contribution in [3.05, 3.63) is 23.9 Å². The fraction of sp³-hybridized carbons (Fsp3) is 0.286. The smallest absolute Gasteiger partial charge is 0.731 e. The molecule has 1 aromatic heterocycles. The monoisotopic (exact) mass is 224 g/mol. The summed E-state index contributed by atoms with van der Waals surface area (Å²) in [5.41, 5.74) is 0.730. The summed E-state index contributed by atoms with van der Waals surface area (Å²) in [5, 5.41) is 0. The van der Waals surface area contributed by atoms with Crippen LogP contribution in [0.2, 0.25) is 0 Å². The van der Waals surface area contributed by atoms with Gasteiger partial charge in [0.15, 0.2) is 10.3 Å². The topological polar surface area (TPSA) is 82.1 Å². The van der Waals surface area contributed by atoms with E-state index in [1.165, 1.54) is 6.07 Å². The van der Waals surface area contributed by atoms with Gasteiger partial charge in [-0.3, -0.25) is 4.72 Å². The minimum absolute atomic E-state index is 0. The maximum atomic E-state index is 10.3. The maximum Gasteiger partial charge on any atom is 1.00 e. The van der Waals surface area contributed by atoms with Gasteiger partial charge in [-0.15, -0.1) is 0 Å². The van der Waals surface area contributed by atoms with Gasteiger partial charge in [-0.25, -0.2) is 13.4 Å². The Labute approximate surface area is 105 Å². The van der Waals surface area contributed by atoms with Gasteiger partial charge in [0.2, 0.25) is 0 Å². The van der Waals surface area contributed by atoms with Gasteiger partial charge in [-0.1, -0.05) is 13.0 Å². The summed E-state index contributed by atoms with van der Waals surface area (Å²) in [6, 6.07) is 4.82.